The topological polar surface area (TPSA) is 36.2 Å². The Kier molecular flexibility index (Phi) is 2.06. The fraction of sp³-hybridized carbons (Fsp3) is 0.444. The summed E-state index contributed by atoms with van der Waals surface area (Å²) >= 11 is 0. The van der Waals surface area contributed by atoms with Crippen molar-refractivity contribution < 1.29 is 0 Å². The number of aliphatic imine (C=N–C) groups is 1. The van der Waals surface area contributed by atoms with Crippen molar-refractivity contribution in [1.29, 1.82) is 5.41 Å². The van der Waals surface area contributed by atoms with Gasteiger partial charge in [-0.2, -0.15) is 0 Å². The lowest BCUT2D eigenvalue weighted by atomic mass is 9.84. The fourth-order valence-electron chi connectivity index (χ4n) is 1.09. The van der Waals surface area contributed by atoms with Gasteiger partial charge in [-0.3, -0.25) is 0 Å². The van der Waals surface area contributed by atoms with Crippen molar-refractivity contribution in [3.05, 3.63) is 24.3 Å². The second-order valence-electron chi connectivity index (χ2n) is 2.98. The molecule has 1 aliphatic carbocycles. The average molecular weight is 148 g/mol. The lowest BCUT2D eigenvalue weighted by Gasteiger charge is -2.26. The fourth-order valence-corrected chi connectivity index (χ4v) is 1.09. The first-order valence-electron chi connectivity index (χ1n) is 3.69. The number of rotatable bonds is 1. The van der Waals surface area contributed by atoms with Crippen LogP contribution in [0.5, 0.6) is 0 Å². The molecule has 0 saturated heterocycles. The zero-order valence-corrected chi connectivity index (χ0v) is 6.83. The minimum atomic E-state index is -0.253. The first-order chi connectivity index (χ1) is 5.19. The molecule has 0 spiro atoms. The number of hydrogen-bond acceptors (Lipinski definition) is 2. The van der Waals surface area contributed by atoms with Crippen molar-refractivity contribution in [1.82, 2.24) is 0 Å². The molecule has 1 N–H and O–H groups in total. The second kappa shape index (κ2) is 2.85. The summed E-state index contributed by atoms with van der Waals surface area (Å²) in [5.74, 6) is 0.352. The van der Waals surface area contributed by atoms with Crippen LogP contribution in [0.25, 0.3) is 0 Å². The highest BCUT2D eigenvalue weighted by molar-refractivity contribution is 5.40. The van der Waals surface area contributed by atoms with Crippen LogP contribution < -0.4 is 0 Å². The minimum Gasteiger partial charge on any atom is -0.242 e. The average Bonchev–Trinajstić information content (AvgIpc) is 1.96. The van der Waals surface area contributed by atoms with Crippen LogP contribution in [0.4, 0.5) is 0 Å². The van der Waals surface area contributed by atoms with E-state index in [1.807, 2.05) is 25.2 Å². The molecule has 0 saturated carbocycles. The quantitative estimate of drug-likeness (QED) is 0.554. The Bertz CT molecular complexity index is 246. The van der Waals surface area contributed by atoms with Crippen LogP contribution in [0, 0.1) is 11.3 Å². The van der Waals surface area contributed by atoms with Crippen molar-refractivity contribution in [3.8, 4) is 0 Å². The molecule has 11 heavy (non-hydrogen) atoms. The summed E-state index contributed by atoms with van der Waals surface area (Å²) in [7, 11) is 0. The van der Waals surface area contributed by atoms with Gasteiger partial charge in [-0.05, 0) is 6.92 Å². The largest absolute Gasteiger partial charge is 0.242 e. The van der Waals surface area contributed by atoms with Crippen LogP contribution in [-0.4, -0.2) is 11.5 Å². The molecule has 1 aliphatic rings. The van der Waals surface area contributed by atoms with Gasteiger partial charge in [-0.25, -0.2) is 10.4 Å². The molecule has 58 valence electrons. The molecular formula is C9H12N2. The lowest BCUT2D eigenvalue weighted by Crippen LogP contribution is -2.28. The molecular weight excluding hydrogens is 136 g/mol. The number of hydrogen-bond donors (Lipinski definition) is 1. The Morgan fingerprint density at radius 1 is 1.55 bits per heavy atom. The molecule has 2 unspecified atom stereocenters. The van der Waals surface area contributed by atoms with Crippen LogP contribution in [-0.2, 0) is 0 Å². The molecule has 0 heterocycles. The highest BCUT2D eigenvalue weighted by atomic mass is 14.9. The Morgan fingerprint density at radius 2 is 2.27 bits per heavy atom. The van der Waals surface area contributed by atoms with Gasteiger partial charge < -0.3 is 0 Å². The first-order valence-corrected chi connectivity index (χ1v) is 3.69. The third-order valence-electron chi connectivity index (χ3n) is 2.16. The Morgan fingerprint density at radius 3 is 2.82 bits per heavy atom. The van der Waals surface area contributed by atoms with Gasteiger partial charge in [0.1, 0.15) is 0 Å². The van der Waals surface area contributed by atoms with Gasteiger partial charge in [0.25, 0.3) is 0 Å². The van der Waals surface area contributed by atoms with E-state index in [4.69, 9.17) is 5.41 Å². The molecule has 0 amide bonds. The second-order valence-corrected chi connectivity index (χ2v) is 2.98. The third-order valence-corrected chi connectivity index (χ3v) is 2.16. The zero-order chi connectivity index (χ0) is 8.32. The molecule has 0 radical (unpaired) electrons. The van der Waals surface area contributed by atoms with Crippen molar-refractivity contribution in [3.63, 3.8) is 0 Å². The normalized spacial score (nSPS) is 34.9. The third kappa shape index (κ3) is 1.47. The molecule has 0 aliphatic heterocycles. The van der Waals surface area contributed by atoms with Crippen molar-refractivity contribution >= 4 is 6.01 Å². The predicted molar refractivity (Wildman–Crippen MR) is 46.0 cm³/mol. The van der Waals surface area contributed by atoms with Crippen LogP contribution in [0.1, 0.15) is 13.8 Å². The van der Waals surface area contributed by atoms with Gasteiger partial charge in [0.15, 0.2) is 0 Å². The number of nitrogens with one attached hydrogen (secondary N) is 1. The van der Waals surface area contributed by atoms with Crippen LogP contribution in [0.2, 0.25) is 0 Å². The van der Waals surface area contributed by atoms with E-state index >= 15 is 0 Å². The number of allylic oxidation sites excluding steroid dienone is 2. The van der Waals surface area contributed by atoms with E-state index in [0.29, 0.717) is 5.92 Å². The predicted octanol–water partition coefficient (Wildman–Crippen LogP) is 2.26. The van der Waals surface area contributed by atoms with Gasteiger partial charge >= 0.3 is 0 Å². The summed E-state index contributed by atoms with van der Waals surface area (Å²) in [6.07, 6.45) is 8.05. The van der Waals surface area contributed by atoms with Crippen molar-refractivity contribution in [2.24, 2.45) is 10.9 Å². The van der Waals surface area contributed by atoms with Gasteiger partial charge in [0, 0.05) is 5.92 Å². The van der Waals surface area contributed by atoms with Crippen LogP contribution in [0.15, 0.2) is 29.3 Å². The summed E-state index contributed by atoms with van der Waals surface area (Å²) in [6, 6.07) is 2.10. The van der Waals surface area contributed by atoms with Crippen molar-refractivity contribution in [2.45, 2.75) is 19.4 Å². The van der Waals surface area contributed by atoms with E-state index in [-0.39, 0.29) is 5.54 Å². The molecule has 0 aromatic heterocycles. The van der Waals surface area contributed by atoms with E-state index in [0.717, 1.165) is 0 Å². The zero-order valence-electron chi connectivity index (χ0n) is 6.83. The molecule has 1 rings (SSSR count). The SMILES string of the molecule is CC1C=CC=CC1(C)N=C=N. The van der Waals surface area contributed by atoms with Crippen LogP contribution >= 0.6 is 0 Å². The summed E-state index contributed by atoms with van der Waals surface area (Å²) in [4.78, 5) is 3.98. The molecule has 2 nitrogen and oxygen atoms in total. The van der Waals surface area contributed by atoms with E-state index in [1.54, 1.807) is 0 Å². The van der Waals surface area contributed by atoms with E-state index in [9.17, 15) is 0 Å². The molecule has 2 heteroatoms. The Hall–Kier alpha value is -1.14. The van der Waals surface area contributed by atoms with Gasteiger partial charge in [-0.15, -0.1) is 0 Å². The molecule has 0 fully saturated rings. The van der Waals surface area contributed by atoms with Gasteiger partial charge in [0.05, 0.1) is 11.5 Å². The first kappa shape index (κ1) is 7.96. The molecule has 0 bridgehead atoms. The van der Waals surface area contributed by atoms with E-state index in [2.05, 4.69) is 24.0 Å². The maximum absolute atomic E-state index is 6.78. The molecule has 0 aromatic carbocycles. The Balaban J connectivity index is 2.94. The highest BCUT2D eigenvalue weighted by Crippen LogP contribution is 2.26. The van der Waals surface area contributed by atoms with Crippen LogP contribution in [0.3, 0.4) is 0 Å². The monoisotopic (exact) mass is 148 g/mol. The highest BCUT2D eigenvalue weighted by Gasteiger charge is 2.26. The smallest absolute Gasteiger partial charge is 0.0931 e. The molecule has 2 atom stereocenters. The van der Waals surface area contributed by atoms with E-state index in [1.165, 1.54) is 0 Å². The van der Waals surface area contributed by atoms with Gasteiger partial charge in [0.2, 0.25) is 0 Å². The molecule has 0 aromatic rings. The summed E-state index contributed by atoms with van der Waals surface area (Å²) in [5, 5.41) is 6.78. The summed E-state index contributed by atoms with van der Waals surface area (Å²) < 4.78 is 0. The van der Waals surface area contributed by atoms with Gasteiger partial charge in [-0.1, -0.05) is 31.2 Å². The van der Waals surface area contributed by atoms with E-state index < -0.39 is 0 Å². The standard InChI is InChI=1S/C9H12N2/c1-8-5-3-4-6-9(8,2)11-7-10/h3-6,8,10H,1-2H3. The minimum absolute atomic E-state index is 0.253. The number of nitrogens with zero attached hydrogens (tertiary/aromatic N) is 1. The lowest BCUT2D eigenvalue weighted by molar-refractivity contribution is 0.460. The maximum Gasteiger partial charge on any atom is 0.0931 e. The maximum atomic E-state index is 6.78. The Labute approximate surface area is 66.9 Å². The van der Waals surface area contributed by atoms with Crippen molar-refractivity contribution in [2.75, 3.05) is 0 Å². The summed E-state index contributed by atoms with van der Waals surface area (Å²) in [6.45, 7) is 4.08. The summed E-state index contributed by atoms with van der Waals surface area (Å²) in [5.41, 5.74) is -0.253.